The third-order valence-corrected chi connectivity index (χ3v) is 6.05. The summed E-state index contributed by atoms with van der Waals surface area (Å²) < 4.78 is 12.3. The predicted molar refractivity (Wildman–Crippen MR) is 138 cm³/mol. The van der Waals surface area contributed by atoms with Gasteiger partial charge in [-0.2, -0.15) is 5.10 Å². The summed E-state index contributed by atoms with van der Waals surface area (Å²) in [6.07, 6.45) is 1.58. The zero-order valence-corrected chi connectivity index (χ0v) is 20.5. The molecule has 0 saturated heterocycles. The fourth-order valence-corrected chi connectivity index (χ4v) is 3.99. The van der Waals surface area contributed by atoms with Crippen molar-refractivity contribution in [3.8, 4) is 28.6 Å². The lowest BCUT2D eigenvalue weighted by atomic mass is 10.2. The summed E-state index contributed by atoms with van der Waals surface area (Å²) in [7, 11) is 3.24. The summed E-state index contributed by atoms with van der Waals surface area (Å²) in [4.78, 5) is 12.4. The van der Waals surface area contributed by atoms with Crippen molar-refractivity contribution in [1.82, 2.24) is 20.2 Å². The van der Waals surface area contributed by atoms with Crippen LogP contribution in [-0.4, -0.2) is 46.9 Å². The van der Waals surface area contributed by atoms with Gasteiger partial charge in [-0.3, -0.25) is 9.36 Å². The summed E-state index contributed by atoms with van der Waals surface area (Å²) in [6.45, 7) is 2.03. The maximum Gasteiger partial charge on any atom is 0.250 e. The average molecular weight is 488 g/mol. The van der Waals surface area contributed by atoms with Gasteiger partial charge in [0, 0.05) is 11.3 Å². The van der Waals surface area contributed by atoms with Crippen LogP contribution in [0, 0.1) is 6.92 Å². The molecule has 0 bridgehead atoms. The molecule has 35 heavy (non-hydrogen) atoms. The molecule has 0 aliphatic rings. The van der Waals surface area contributed by atoms with Gasteiger partial charge in [0.05, 0.1) is 26.2 Å². The molecular formula is C26H25N5O3S. The fraction of sp³-hybridized carbons (Fsp3) is 0.154. The molecule has 1 amide bonds. The van der Waals surface area contributed by atoms with E-state index in [9.17, 15) is 4.79 Å². The number of nitrogens with one attached hydrogen (secondary N) is 1. The summed E-state index contributed by atoms with van der Waals surface area (Å²) in [5.41, 5.74) is 6.35. The van der Waals surface area contributed by atoms with E-state index in [0.717, 1.165) is 33.9 Å². The van der Waals surface area contributed by atoms with E-state index >= 15 is 0 Å². The lowest BCUT2D eigenvalue weighted by Gasteiger charge is -2.11. The lowest BCUT2D eigenvalue weighted by molar-refractivity contribution is -0.118. The molecule has 0 unspecified atom stereocenters. The number of hydrogen-bond acceptors (Lipinski definition) is 7. The van der Waals surface area contributed by atoms with E-state index in [0.29, 0.717) is 11.0 Å². The first kappa shape index (κ1) is 24.0. The summed E-state index contributed by atoms with van der Waals surface area (Å²) in [6, 6.07) is 23.1. The van der Waals surface area contributed by atoms with Gasteiger partial charge in [0.15, 0.2) is 11.0 Å². The standard InChI is InChI=1S/C26H25N5O3S/c1-18-4-10-21(11-5-18)31-25(20-8-14-23(34-3)15-9-20)29-30-26(31)35-17-24(32)28-27-16-19-6-12-22(33-2)13-7-19/h4-16H,17H2,1-3H3,(H,28,32)/b27-16-. The largest absolute Gasteiger partial charge is 0.497 e. The molecule has 0 radical (unpaired) electrons. The first-order chi connectivity index (χ1) is 17.1. The molecule has 0 aliphatic heterocycles. The van der Waals surface area contributed by atoms with Gasteiger partial charge in [-0.15, -0.1) is 10.2 Å². The SMILES string of the molecule is COc1ccc(/C=N\NC(=O)CSc2nnc(-c3ccc(OC)cc3)n2-c2ccc(C)cc2)cc1. The fourth-order valence-electron chi connectivity index (χ4n) is 3.25. The number of hydrazone groups is 1. The first-order valence-corrected chi connectivity index (χ1v) is 11.8. The Hall–Kier alpha value is -4.11. The second-order valence-electron chi connectivity index (χ2n) is 7.56. The van der Waals surface area contributed by atoms with Crippen LogP contribution in [0.1, 0.15) is 11.1 Å². The second kappa shape index (κ2) is 11.3. The highest BCUT2D eigenvalue weighted by Gasteiger charge is 2.17. The van der Waals surface area contributed by atoms with E-state index < -0.39 is 0 Å². The molecule has 8 nitrogen and oxygen atoms in total. The third-order valence-electron chi connectivity index (χ3n) is 5.12. The van der Waals surface area contributed by atoms with Gasteiger partial charge in [0.2, 0.25) is 0 Å². The molecular weight excluding hydrogens is 462 g/mol. The number of rotatable bonds is 9. The van der Waals surface area contributed by atoms with Gasteiger partial charge >= 0.3 is 0 Å². The predicted octanol–water partition coefficient (Wildman–Crippen LogP) is 4.50. The van der Waals surface area contributed by atoms with Crippen molar-refractivity contribution in [2.45, 2.75) is 12.1 Å². The molecule has 0 fully saturated rings. The van der Waals surface area contributed by atoms with E-state index in [2.05, 4.69) is 20.7 Å². The van der Waals surface area contributed by atoms with Crippen LogP contribution >= 0.6 is 11.8 Å². The number of carbonyl (C=O) groups excluding carboxylic acids is 1. The highest BCUT2D eigenvalue weighted by atomic mass is 32.2. The van der Waals surface area contributed by atoms with Crippen molar-refractivity contribution < 1.29 is 14.3 Å². The molecule has 3 aromatic carbocycles. The van der Waals surface area contributed by atoms with Crippen LogP contribution in [0.3, 0.4) is 0 Å². The van der Waals surface area contributed by atoms with Gasteiger partial charge in [-0.1, -0.05) is 29.5 Å². The van der Waals surface area contributed by atoms with Crippen molar-refractivity contribution in [3.63, 3.8) is 0 Å². The number of benzene rings is 3. The number of nitrogens with zero attached hydrogens (tertiary/aromatic N) is 4. The highest BCUT2D eigenvalue weighted by molar-refractivity contribution is 7.99. The second-order valence-corrected chi connectivity index (χ2v) is 8.50. The Morgan fingerprint density at radius 2 is 1.57 bits per heavy atom. The maximum absolute atomic E-state index is 12.4. The number of carbonyl (C=O) groups is 1. The zero-order chi connectivity index (χ0) is 24.6. The van der Waals surface area contributed by atoms with Gasteiger partial charge in [-0.25, -0.2) is 5.43 Å². The molecule has 9 heteroatoms. The topological polar surface area (TPSA) is 90.6 Å². The number of amides is 1. The van der Waals surface area contributed by atoms with E-state index in [-0.39, 0.29) is 11.7 Å². The molecule has 4 rings (SSSR count). The first-order valence-electron chi connectivity index (χ1n) is 10.8. The highest BCUT2D eigenvalue weighted by Crippen LogP contribution is 2.29. The number of thioether (sulfide) groups is 1. The van der Waals surface area contributed by atoms with E-state index in [1.54, 1.807) is 20.4 Å². The molecule has 0 saturated carbocycles. The van der Waals surface area contributed by atoms with Gasteiger partial charge in [0.1, 0.15) is 11.5 Å². The van der Waals surface area contributed by atoms with Crippen LogP contribution in [0.2, 0.25) is 0 Å². The van der Waals surface area contributed by atoms with Crippen LogP contribution in [0.4, 0.5) is 0 Å². The van der Waals surface area contributed by atoms with E-state index in [1.165, 1.54) is 11.8 Å². The Labute approximate surface area is 208 Å². The summed E-state index contributed by atoms with van der Waals surface area (Å²) in [5.74, 6) is 2.08. The van der Waals surface area contributed by atoms with Gasteiger partial charge < -0.3 is 9.47 Å². The lowest BCUT2D eigenvalue weighted by Crippen LogP contribution is -2.20. The molecule has 1 N–H and O–H groups in total. The number of aromatic nitrogens is 3. The smallest absolute Gasteiger partial charge is 0.250 e. The summed E-state index contributed by atoms with van der Waals surface area (Å²) in [5, 5.41) is 13.4. The molecule has 0 aliphatic carbocycles. The van der Waals surface area contributed by atoms with Crippen molar-refractivity contribution in [2.75, 3.05) is 20.0 Å². The third kappa shape index (κ3) is 6.07. The Balaban J connectivity index is 1.49. The van der Waals surface area contributed by atoms with Gasteiger partial charge in [-0.05, 0) is 73.2 Å². The zero-order valence-electron chi connectivity index (χ0n) is 19.6. The number of aryl methyl sites for hydroxylation is 1. The quantitative estimate of drug-likeness (QED) is 0.212. The minimum absolute atomic E-state index is 0.132. The van der Waals surface area contributed by atoms with Gasteiger partial charge in [0.25, 0.3) is 5.91 Å². The van der Waals surface area contributed by atoms with Crippen molar-refractivity contribution >= 4 is 23.9 Å². The molecule has 4 aromatic rings. The maximum atomic E-state index is 12.4. The van der Waals surface area contributed by atoms with Crippen LogP contribution in [0.15, 0.2) is 83.1 Å². The molecule has 0 atom stereocenters. The number of ether oxygens (including phenoxy) is 2. The van der Waals surface area contributed by atoms with E-state index in [4.69, 9.17) is 9.47 Å². The molecule has 178 valence electrons. The van der Waals surface area contributed by atoms with Crippen molar-refractivity contribution in [1.29, 1.82) is 0 Å². The van der Waals surface area contributed by atoms with Crippen LogP contribution in [0.25, 0.3) is 17.1 Å². The van der Waals surface area contributed by atoms with Crippen LogP contribution in [0.5, 0.6) is 11.5 Å². The van der Waals surface area contributed by atoms with Crippen molar-refractivity contribution in [3.05, 3.63) is 83.9 Å². The monoisotopic (exact) mass is 487 g/mol. The Bertz CT molecular complexity index is 1300. The van der Waals surface area contributed by atoms with Crippen LogP contribution in [-0.2, 0) is 4.79 Å². The molecule has 1 heterocycles. The van der Waals surface area contributed by atoms with Crippen LogP contribution < -0.4 is 14.9 Å². The molecule has 1 aromatic heterocycles. The minimum Gasteiger partial charge on any atom is -0.497 e. The number of methoxy groups -OCH3 is 2. The average Bonchev–Trinajstić information content (AvgIpc) is 3.32. The Morgan fingerprint density at radius 3 is 2.20 bits per heavy atom. The molecule has 0 spiro atoms. The number of hydrogen-bond donors (Lipinski definition) is 1. The minimum atomic E-state index is -0.246. The van der Waals surface area contributed by atoms with Crippen molar-refractivity contribution in [2.24, 2.45) is 5.10 Å². The normalized spacial score (nSPS) is 10.9. The Morgan fingerprint density at radius 1 is 0.943 bits per heavy atom. The Kier molecular flexibility index (Phi) is 7.79. The summed E-state index contributed by atoms with van der Waals surface area (Å²) >= 11 is 1.29. The van der Waals surface area contributed by atoms with E-state index in [1.807, 2.05) is 84.3 Å².